The van der Waals surface area contributed by atoms with Crippen LogP contribution >= 0.6 is 0 Å². The summed E-state index contributed by atoms with van der Waals surface area (Å²) in [7, 11) is 3.02. The van der Waals surface area contributed by atoms with Gasteiger partial charge in [-0.15, -0.1) is 5.10 Å². The van der Waals surface area contributed by atoms with Crippen molar-refractivity contribution in [3.63, 3.8) is 0 Å². The number of carbonyl (C=O) groups excluding carboxylic acids is 1. The summed E-state index contributed by atoms with van der Waals surface area (Å²) in [6.07, 6.45) is 0. The molecule has 0 radical (unpaired) electrons. The van der Waals surface area contributed by atoms with E-state index in [1.54, 1.807) is 18.2 Å². The minimum atomic E-state index is -0.381. The molecular weight excluding hydrogens is 238 g/mol. The summed E-state index contributed by atoms with van der Waals surface area (Å²) in [5, 5.41) is 15.3. The number of carbonyl (C=O) groups is 1. The first-order valence-corrected chi connectivity index (χ1v) is 5.01. The molecular formula is C10H11N5O3. The van der Waals surface area contributed by atoms with Crippen molar-refractivity contribution >= 4 is 11.9 Å². The molecule has 0 spiro atoms. The highest BCUT2D eigenvalue weighted by molar-refractivity contribution is 6.03. The number of rotatable bonds is 4. The van der Waals surface area contributed by atoms with Crippen molar-refractivity contribution in [2.75, 3.05) is 19.5 Å². The quantitative estimate of drug-likeness (QED) is 0.816. The van der Waals surface area contributed by atoms with Crippen LogP contribution in [0.5, 0.6) is 11.5 Å². The lowest BCUT2D eigenvalue weighted by Crippen LogP contribution is -2.13. The highest BCUT2D eigenvalue weighted by Crippen LogP contribution is 2.22. The van der Waals surface area contributed by atoms with Crippen LogP contribution in [0, 0.1) is 0 Å². The third-order valence-corrected chi connectivity index (χ3v) is 2.18. The molecule has 0 aliphatic heterocycles. The number of aromatic nitrogens is 4. The number of nitrogens with one attached hydrogen (secondary N) is 2. The van der Waals surface area contributed by atoms with E-state index < -0.39 is 0 Å². The number of hydrogen-bond acceptors (Lipinski definition) is 6. The topological polar surface area (TPSA) is 102 Å². The summed E-state index contributed by atoms with van der Waals surface area (Å²) in [5.74, 6) is 0.760. The number of tetrazole rings is 1. The molecule has 2 rings (SSSR count). The summed E-state index contributed by atoms with van der Waals surface area (Å²) in [6, 6.07) is 4.83. The fourth-order valence-corrected chi connectivity index (χ4v) is 1.33. The number of methoxy groups -OCH3 is 2. The Labute approximate surface area is 102 Å². The minimum Gasteiger partial charge on any atom is -0.497 e. The van der Waals surface area contributed by atoms with Gasteiger partial charge in [-0.3, -0.25) is 10.1 Å². The molecule has 1 heterocycles. The second kappa shape index (κ2) is 5.13. The largest absolute Gasteiger partial charge is 0.497 e. The maximum absolute atomic E-state index is 11.9. The van der Waals surface area contributed by atoms with Crippen molar-refractivity contribution in [1.82, 2.24) is 20.6 Å². The van der Waals surface area contributed by atoms with E-state index >= 15 is 0 Å². The number of benzene rings is 1. The van der Waals surface area contributed by atoms with E-state index in [0.717, 1.165) is 0 Å². The SMILES string of the molecule is COc1cc(OC)cc(C(=O)Nc2nn[nH]n2)c1. The molecule has 0 fully saturated rings. The van der Waals surface area contributed by atoms with Crippen molar-refractivity contribution in [1.29, 1.82) is 0 Å². The first-order valence-electron chi connectivity index (χ1n) is 5.01. The number of aromatic amines is 1. The van der Waals surface area contributed by atoms with E-state index in [-0.39, 0.29) is 11.9 Å². The molecule has 94 valence electrons. The first kappa shape index (κ1) is 11.8. The number of H-pyrrole nitrogens is 1. The van der Waals surface area contributed by atoms with Gasteiger partial charge in [-0.05, 0) is 17.3 Å². The maximum Gasteiger partial charge on any atom is 0.270 e. The summed E-state index contributed by atoms with van der Waals surface area (Å²) in [6.45, 7) is 0. The molecule has 0 atom stereocenters. The van der Waals surface area contributed by atoms with Crippen LogP contribution in [0.4, 0.5) is 5.95 Å². The van der Waals surface area contributed by atoms with E-state index in [4.69, 9.17) is 9.47 Å². The maximum atomic E-state index is 11.9. The Kier molecular flexibility index (Phi) is 3.37. The van der Waals surface area contributed by atoms with Gasteiger partial charge in [0.1, 0.15) is 11.5 Å². The average molecular weight is 249 g/mol. The third-order valence-electron chi connectivity index (χ3n) is 2.18. The van der Waals surface area contributed by atoms with Crippen molar-refractivity contribution in [3.8, 4) is 11.5 Å². The zero-order valence-electron chi connectivity index (χ0n) is 9.80. The molecule has 0 aliphatic rings. The summed E-state index contributed by atoms with van der Waals surface area (Å²) in [5.41, 5.74) is 0.371. The van der Waals surface area contributed by atoms with Crippen molar-refractivity contribution in [2.24, 2.45) is 0 Å². The van der Waals surface area contributed by atoms with Crippen LogP contribution in [0.3, 0.4) is 0 Å². The number of nitrogens with zero attached hydrogens (tertiary/aromatic N) is 3. The monoisotopic (exact) mass is 249 g/mol. The van der Waals surface area contributed by atoms with Crippen LogP contribution in [0.25, 0.3) is 0 Å². The number of hydrogen-bond donors (Lipinski definition) is 2. The zero-order chi connectivity index (χ0) is 13.0. The Morgan fingerprint density at radius 2 is 1.89 bits per heavy atom. The molecule has 0 aliphatic carbocycles. The van der Waals surface area contributed by atoms with Crippen molar-refractivity contribution in [3.05, 3.63) is 23.8 Å². The van der Waals surface area contributed by atoms with E-state index in [0.29, 0.717) is 17.1 Å². The fraction of sp³-hybridized carbons (Fsp3) is 0.200. The van der Waals surface area contributed by atoms with Gasteiger partial charge in [-0.1, -0.05) is 5.10 Å². The predicted molar refractivity (Wildman–Crippen MR) is 61.7 cm³/mol. The van der Waals surface area contributed by atoms with Crippen molar-refractivity contribution in [2.45, 2.75) is 0 Å². The van der Waals surface area contributed by atoms with Crippen LogP contribution < -0.4 is 14.8 Å². The van der Waals surface area contributed by atoms with E-state index in [9.17, 15) is 4.79 Å². The van der Waals surface area contributed by atoms with Gasteiger partial charge in [0.25, 0.3) is 11.9 Å². The molecule has 1 aromatic heterocycles. The predicted octanol–water partition coefficient (Wildman–Crippen LogP) is 0.469. The van der Waals surface area contributed by atoms with Gasteiger partial charge in [0.05, 0.1) is 14.2 Å². The molecule has 0 bridgehead atoms. The highest BCUT2D eigenvalue weighted by Gasteiger charge is 2.11. The van der Waals surface area contributed by atoms with Gasteiger partial charge in [-0.25, -0.2) is 0 Å². The van der Waals surface area contributed by atoms with Gasteiger partial charge in [0.15, 0.2) is 0 Å². The Bertz CT molecular complexity index is 518. The van der Waals surface area contributed by atoms with E-state index in [1.165, 1.54) is 14.2 Å². The fourth-order valence-electron chi connectivity index (χ4n) is 1.33. The molecule has 0 unspecified atom stereocenters. The Balaban J connectivity index is 2.23. The molecule has 8 heteroatoms. The molecule has 8 nitrogen and oxygen atoms in total. The highest BCUT2D eigenvalue weighted by atomic mass is 16.5. The van der Waals surface area contributed by atoms with E-state index in [1.807, 2.05) is 0 Å². The smallest absolute Gasteiger partial charge is 0.270 e. The van der Waals surface area contributed by atoms with Gasteiger partial charge in [-0.2, -0.15) is 5.21 Å². The summed E-state index contributed by atoms with van der Waals surface area (Å²) >= 11 is 0. The van der Waals surface area contributed by atoms with Crippen LogP contribution in [0.15, 0.2) is 18.2 Å². The summed E-state index contributed by atoms with van der Waals surface area (Å²) < 4.78 is 10.1. The number of ether oxygens (including phenoxy) is 2. The van der Waals surface area contributed by atoms with Crippen LogP contribution in [0.2, 0.25) is 0 Å². The lowest BCUT2D eigenvalue weighted by Gasteiger charge is -2.07. The van der Waals surface area contributed by atoms with E-state index in [2.05, 4.69) is 25.9 Å². The lowest BCUT2D eigenvalue weighted by atomic mass is 10.2. The zero-order valence-corrected chi connectivity index (χ0v) is 9.80. The molecule has 2 aromatic rings. The van der Waals surface area contributed by atoms with Gasteiger partial charge >= 0.3 is 0 Å². The Morgan fingerprint density at radius 1 is 1.22 bits per heavy atom. The van der Waals surface area contributed by atoms with Crippen molar-refractivity contribution < 1.29 is 14.3 Å². The standard InChI is InChI=1S/C10H11N5O3/c1-17-7-3-6(4-8(5-7)18-2)9(16)11-10-12-14-15-13-10/h3-5H,1-2H3,(H2,11,12,13,14,15,16). The molecule has 18 heavy (non-hydrogen) atoms. The van der Waals surface area contributed by atoms with Gasteiger partial charge in [0.2, 0.25) is 0 Å². The normalized spacial score (nSPS) is 9.89. The molecule has 0 saturated carbocycles. The van der Waals surface area contributed by atoms with Gasteiger partial charge in [0, 0.05) is 11.6 Å². The first-order chi connectivity index (χ1) is 8.72. The molecule has 0 saturated heterocycles. The van der Waals surface area contributed by atoms with Crippen LogP contribution in [0.1, 0.15) is 10.4 Å². The molecule has 1 aromatic carbocycles. The molecule has 2 N–H and O–H groups in total. The van der Waals surface area contributed by atoms with Gasteiger partial charge < -0.3 is 9.47 Å². The number of amides is 1. The van der Waals surface area contributed by atoms with Crippen LogP contribution in [-0.2, 0) is 0 Å². The minimum absolute atomic E-state index is 0.0989. The second-order valence-electron chi connectivity index (χ2n) is 3.29. The molecule has 1 amide bonds. The summed E-state index contributed by atoms with van der Waals surface area (Å²) in [4.78, 5) is 11.9. The average Bonchev–Trinajstić information content (AvgIpc) is 2.90. The Hall–Kier alpha value is -2.64. The Morgan fingerprint density at radius 3 is 2.39 bits per heavy atom. The lowest BCUT2D eigenvalue weighted by molar-refractivity contribution is 0.102. The second-order valence-corrected chi connectivity index (χ2v) is 3.29. The third kappa shape index (κ3) is 2.54. The van der Waals surface area contributed by atoms with Crippen LogP contribution in [-0.4, -0.2) is 40.8 Å². The number of anilines is 1.